The molecule has 1 aliphatic rings. The first kappa shape index (κ1) is 27.4. The average Bonchev–Trinajstić information content (AvgIpc) is 2.91. The van der Waals surface area contributed by atoms with Gasteiger partial charge in [-0.1, -0.05) is 35.9 Å². The second kappa shape index (κ2) is 12.7. The average molecular weight is 546 g/mol. The highest BCUT2D eigenvalue weighted by Gasteiger charge is 2.44. The van der Waals surface area contributed by atoms with E-state index in [9.17, 15) is 20.1 Å². The number of rotatable bonds is 10. The third-order valence-corrected chi connectivity index (χ3v) is 7.43. The first-order valence-corrected chi connectivity index (χ1v) is 13.1. The zero-order valence-corrected chi connectivity index (χ0v) is 21.6. The Bertz CT molecular complexity index is 1180. The first-order valence-electron chi connectivity index (χ1n) is 11.8. The molecule has 4 rings (SSSR count). The third kappa shape index (κ3) is 6.81. The maximum atomic E-state index is 10.7. The zero-order valence-electron chi connectivity index (χ0n) is 20.1. The summed E-state index contributed by atoms with van der Waals surface area (Å²) >= 11 is 7.78. The Kier molecular flexibility index (Phi) is 9.42. The number of thioether (sulfide) groups is 1. The third-order valence-electron chi connectivity index (χ3n) is 6.03. The summed E-state index contributed by atoms with van der Waals surface area (Å²) in [5.74, 6) is 1.38. The minimum atomic E-state index is -1.40. The number of ether oxygens (including phenoxy) is 3. The molecule has 196 valence electrons. The van der Waals surface area contributed by atoms with Gasteiger partial charge in [0.1, 0.15) is 35.9 Å². The SMILES string of the molecule is CCOc1ccc(Cc2cc([C@@H]3O[C@H](CSc4ccc(OC=O)cn4)[C@@H](O)[C@H](O)[C@H]3O)ccc2Cl)cc1. The molecule has 1 aromatic heterocycles. The van der Waals surface area contributed by atoms with Crippen LogP contribution in [-0.4, -0.2) is 63.6 Å². The second-order valence-electron chi connectivity index (χ2n) is 8.53. The summed E-state index contributed by atoms with van der Waals surface area (Å²) in [5, 5.41) is 33.1. The summed E-state index contributed by atoms with van der Waals surface area (Å²) in [6.45, 7) is 2.85. The van der Waals surface area contributed by atoms with Crippen LogP contribution in [0, 0.1) is 0 Å². The molecular formula is C27H28ClNO7S. The van der Waals surface area contributed by atoms with Crippen LogP contribution in [-0.2, 0) is 16.0 Å². The van der Waals surface area contributed by atoms with E-state index in [2.05, 4.69) is 4.98 Å². The van der Waals surface area contributed by atoms with Crippen LogP contribution in [0.3, 0.4) is 0 Å². The number of aliphatic hydroxyl groups excluding tert-OH is 3. The van der Waals surface area contributed by atoms with Crippen LogP contribution in [0.5, 0.6) is 11.5 Å². The van der Waals surface area contributed by atoms with Crippen LogP contribution in [0.25, 0.3) is 0 Å². The minimum Gasteiger partial charge on any atom is -0.494 e. The molecule has 8 nitrogen and oxygen atoms in total. The molecule has 10 heteroatoms. The van der Waals surface area contributed by atoms with Crippen molar-refractivity contribution >= 4 is 29.8 Å². The molecular weight excluding hydrogens is 518 g/mol. The van der Waals surface area contributed by atoms with Crippen molar-refractivity contribution in [1.29, 1.82) is 0 Å². The molecule has 0 bridgehead atoms. The predicted octanol–water partition coefficient (Wildman–Crippen LogP) is 3.57. The van der Waals surface area contributed by atoms with Crippen LogP contribution in [0.15, 0.2) is 65.8 Å². The number of aromatic nitrogens is 1. The Morgan fingerprint density at radius 3 is 2.46 bits per heavy atom. The molecule has 2 aromatic carbocycles. The molecule has 37 heavy (non-hydrogen) atoms. The molecule has 1 aliphatic heterocycles. The number of halogens is 1. The molecule has 3 N–H and O–H groups in total. The van der Waals surface area contributed by atoms with E-state index in [-0.39, 0.29) is 5.75 Å². The zero-order chi connectivity index (χ0) is 26.4. The summed E-state index contributed by atoms with van der Waals surface area (Å²) in [5.41, 5.74) is 2.52. The lowest BCUT2D eigenvalue weighted by Gasteiger charge is -2.41. The molecule has 0 aliphatic carbocycles. The van der Waals surface area contributed by atoms with Crippen molar-refractivity contribution in [2.24, 2.45) is 0 Å². The molecule has 3 aromatic rings. The summed E-state index contributed by atoms with van der Waals surface area (Å²) in [6, 6.07) is 16.4. The molecule has 5 atom stereocenters. The number of aliphatic hydroxyl groups is 3. The summed E-state index contributed by atoms with van der Waals surface area (Å²) < 4.78 is 16.3. The Hall–Kier alpha value is -2.66. The van der Waals surface area contributed by atoms with Crippen LogP contribution < -0.4 is 9.47 Å². The topological polar surface area (TPSA) is 118 Å². The molecule has 0 unspecified atom stereocenters. The van der Waals surface area contributed by atoms with Crippen molar-refractivity contribution in [1.82, 2.24) is 4.98 Å². The monoisotopic (exact) mass is 545 g/mol. The standard InChI is InChI=1S/C27H28ClNO7S/c1-2-34-19-6-3-16(4-7-19)11-18-12-17(5-9-21(18)28)27-26(33)25(32)24(31)22(36-27)14-37-23-10-8-20(13-29-23)35-15-30/h3-10,12-13,15,22,24-27,31-33H,2,11,14H2,1H3/t22-,24-,25+,26-,27+/m1/s1. The van der Waals surface area contributed by atoms with Gasteiger partial charge < -0.3 is 29.5 Å². The second-order valence-corrected chi connectivity index (χ2v) is 9.98. The van der Waals surface area contributed by atoms with E-state index in [4.69, 9.17) is 25.8 Å². The molecule has 1 saturated heterocycles. The number of hydrogen-bond acceptors (Lipinski definition) is 9. The normalized spacial score (nSPS) is 23.4. The Balaban J connectivity index is 1.47. The van der Waals surface area contributed by atoms with Crippen LogP contribution in [0.2, 0.25) is 5.02 Å². The number of nitrogens with zero attached hydrogens (tertiary/aromatic N) is 1. The van der Waals surface area contributed by atoms with E-state index < -0.39 is 30.5 Å². The minimum absolute atomic E-state index is 0.273. The Labute approximate surface area is 224 Å². The molecule has 1 fully saturated rings. The predicted molar refractivity (Wildman–Crippen MR) is 139 cm³/mol. The fourth-order valence-corrected chi connectivity index (χ4v) is 5.19. The van der Waals surface area contributed by atoms with E-state index in [1.54, 1.807) is 24.3 Å². The number of benzene rings is 2. The van der Waals surface area contributed by atoms with Gasteiger partial charge in [0.15, 0.2) is 0 Å². The Morgan fingerprint density at radius 1 is 1.03 bits per heavy atom. The van der Waals surface area contributed by atoms with E-state index in [1.807, 2.05) is 37.3 Å². The van der Waals surface area contributed by atoms with Crippen molar-refractivity contribution in [3.8, 4) is 11.5 Å². The van der Waals surface area contributed by atoms with Crippen molar-refractivity contribution < 1.29 is 34.3 Å². The van der Waals surface area contributed by atoms with Gasteiger partial charge in [0.05, 0.1) is 23.9 Å². The van der Waals surface area contributed by atoms with Gasteiger partial charge in [0.25, 0.3) is 6.47 Å². The quantitative estimate of drug-likeness (QED) is 0.259. The first-order chi connectivity index (χ1) is 17.9. The lowest BCUT2D eigenvalue weighted by atomic mass is 9.90. The fourth-order valence-electron chi connectivity index (χ4n) is 4.11. The summed E-state index contributed by atoms with van der Waals surface area (Å²) in [6.07, 6.45) is -3.67. The molecule has 2 heterocycles. The highest BCUT2D eigenvalue weighted by atomic mass is 35.5. The highest BCUT2D eigenvalue weighted by Crippen LogP contribution is 2.36. The van der Waals surface area contributed by atoms with Gasteiger partial charge in [-0.25, -0.2) is 4.98 Å². The van der Waals surface area contributed by atoms with Crippen LogP contribution in [0.4, 0.5) is 0 Å². The maximum Gasteiger partial charge on any atom is 0.298 e. The molecule has 0 amide bonds. The van der Waals surface area contributed by atoms with Gasteiger partial charge in [-0.2, -0.15) is 0 Å². The number of hydrogen-bond donors (Lipinski definition) is 3. The van der Waals surface area contributed by atoms with Crippen molar-refractivity contribution in [3.63, 3.8) is 0 Å². The van der Waals surface area contributed by atoms with Crippen molar-refractivity contribution in [2.45, 2.75) is 48.9 Å². The van der Waals surface area contributed by atoms with Crippen LogP contribution in [0.1, 0.15) is 29.7 Å². The number of carbonyl (C=O) groups excluding carboxylic acids is 1. The lowest BCUT2D eigenvalue weighted by Crippen LogP contribution is -2.54. The summed E-state index contributed by atoms with van der Waals surface area (Å²) in [4.78, 5) is 14.6. The van der Waals surface area contributed by atoms with E-state index in [0.717, 1.165) is 16.9 Å². The Morgan fingerprint density at radius 2 is 1.78 bits per heavy atom. The van der Waals surface area contributed by atoms with Gasteiger partial charge in [-0.05, 0) is 60.4 Å². The lowest BCUT2D eigenvalue weighted by molar-refractivity contribution is -0.218. The summed E-state index contributed by atoms with van der Waals surface area (Å²) in [7, 11) is 0. The maximum absolute atomic E-state index is 10.7. The van der Waals surface area contributed by atoms with Gasteiger partial charge in [0, 0.05) is 10.8 Å². The molecule has 0 spiro atoms. The number of pyridine rings is 1. The smallest absolute Gasteiger partial charge is 0.298 e. The van der Waals surface area contributed by atoms with E-state index >= 15 is 0 Å². The van der Waals surface area contributed by atoms with E-state index in [1.165, 1.54) is 18.0 Å². The van der Waals surface area contributed by atoms with Crippen molar-refractivity contribution in [2.75, 3.05) is 12.4 Å². The van der Waals surface area contributed by atoms with E-state index in [0.29, 0.717) is 40.9 Å². The van der Waals surface area contributed by atoms with Gasteiger partial charge >= 0.3 is 0 Å². The molecule has 0 radical (unpaired) electrons. The number of carbonyl (C=O) groups is 1. The van der Waals surface area contributed by atoms with Gasteiger partial charge in [0.2, 0.25) is 0 Å². The van der Waals surface area contributed by atoms with Gasteiger partial charge in [-0.3, -0.25) is 4.79 Å². The van der Waals surface area contributed by atoms with Crippen molar-refractivity contribution in [3.05, 3.63) is 82.5 Å². The fraction of sp³-hybridized carbons (Fsp3) is 0.333. The highest BCUT2D eigenvalue weighted by molar-refractivity contribution is 7.99. The van der Waals surface area contributed by atoms with Crippen LogP contribution >= 0.6 is 23.4 Å². The van der Waals surface area contributed by atoms with Gasteiger partial charge in [-0.15, -0.1) is 11.8 Å². The molecule has 0 saturated carbocycles. The largest absolute Gasteiger partial charge is 0.494 e.